The van der Waals surface area contributed by atoms with Gasteiger partial charge in [-0.3, -0.25) is 13.8 Å². The van der Waals surface area contributed by atoms with Crippen LogP contribution in [0.25, 0.3) is 0 Å². The second kappa shape index (κ2) is 25.5. The van der Waals surface area contributed by atoms with Gasteiger partial charge in [-0.15, -0.1) is 0 Å². The van der Waals surface area contributed by atoms with Crippen molar-refractivity contribution >= 4 is 52.1 Å². The van der Waals surface area contributed by atoms with Gasteiger partial charge in [0.1, 0.15) is 46.0 Å². The summed E-state index contributed by atoms with van der Waals surface area (Å²) < 4.78 is 60.5. The molecule has 2 aromatic heterocycles. The van der Waals surface area contributed by atoms with Crippen molar-refractivity contribution in [3.63, 3.8) is 0 Å². The number of methoxy groups -OCH3 is 2. The molecule has 19 nitrogen and oxygen atoms in total. The number of ketones is 2. The summed E-state index contributed by atoms with van der Waals surface area (Å²) in [5.74, 6) is -1.17. The number of aromatic nitrogens is 4. The molecule has 0 aliphatic carbocycles. The van der Waals surface area contributed by atoms with Crippen molar-refractivity contribution < 1.29 is 51.1 Å². The largest absolute Gasteiger partial charge is 0.496 e. The monoisotopic (exact) mass is 1010 g/mol. The van der Waals surface area contributed by atoms with Gasteiger partial charge < -0.3 is 51.3 Å². The van der Waals surface area contributed by atoms with E-state index in [4.69, 9.17) is 36.1 Å². The smallest absolute Gasteiger partial charge is 0.410 e. The Morgan fingerprint density at radius 2 is 1.11 bits per heavy atom. The summed E-state index contributed by atoms with van der Waals surface area (Å²) in [7, 11) is 1.42. The third-order valence-corrected chi connectivity index (χ3v) is 11.8. The number of carbonyl (C=O) groups excluding carboxylic acids is 4. The van der Waals surface area contributed by atoms with Gasteiger partial charge in [0.2, 0.25) is 22.7 Å². The summed E-state index contributed by atoms with van der Waals surface area (Å²) in [6.07, 6.45) is 5.09. The number of likely N-dealkylation sites (tertiary alicyclic amines) is 2. The molecule has 2 saturated heterocycles. The molecule has 4 aromatic rings. The Kier molecular flexibility index (Phi) is 21.1. The normalized spacial score (nSPS) is 14.6. The van der Waals surface area contributed by atoms with Gasteiger partial charge in [0.25, 0.3) is 0 Å². The van der Waals surface area contributed by atoms with Gasteiger partial charge >= 0.3 is 12.2 Å². The number of piperidine rings is 2. The number of nitrogen functional groups attached to an aromatic ring is 2. The summed E-state index contributed by atoms with van der Waals surface area (Å²) >= 11 is 0. The molecule has 2 amide bonds. The summed E-state index contributed by atoms with van der Waals surface area (Å²) in [4.78, 5) is 68.9. The molecule has 2 aliphatic rings. The second-order valence-corrected chi connectivity index (χ2v) is 20.2. The van der Waals surface area contributed by atoms with Crippen molar-refractivity contribution in [1.82, 2.24) is 29.7 Å². The molecule has 6 rings (SSSR count). The van der Waals surface area contributed by atoms with E-state index in [0.29, 0.717) is 42.8 Å². The van der Waals surface area contributed by atoms with Gasteiger partial charge in [-0.05, 0) is 116 Å². The lowest BCUT2D eigenvalue weighted by Crippen LogP contribution is -2.44. The number of nitrogens with two attached hydrogens (primary N) is 3. The Morgan fingerprint density at radius 1 is 0.704 bits per heavy atom. The lowest BCUT2D eigenvalue weighted by Gasteiger charge is -2.33. The number of benzene rings is 2. The van der Waals surface area contributed by atoms with Crippen LogP contribution in [0.15, 0.2) is 41.8 Å². The Balaban J connectivity index is 0.000000304. The zero-order valence-electron chi connectivity index (χ0n) is 41.7. The van der Waals surface area contributed by atoms with Gasteiger partial charge in [-0.2, -0.15) is 4.98 Å². The van der Waals surface area contributed by atoms with Gasteiger partial charge in [0.15, 0.2) is 0 Å². The number of carbonyl (C=O) groups is 4. The third kappa shape index (κ3) is 16.8. The molecule has 71 heavy (non-hydrogen) atoms. The molecule has 0 spiro atoms. The zero-order chi connectivity index (χ0) is 52.2. The standard InChI is InChI=1S/C23H30FN5O4.C15H16FN3O3S.C10H20N2O2.CH4/c1-13-10-18(32-5)15(11-17(13)24)19(30)16-12-26-21(28-20(16)25)27-14-6-8-29(9-7-14)22(31)33-23(2,3)4;1-4-23(21)15-18-7-10(14(17)19-15)13(20)9-6-11(16)8(2)5-12(9)22-3;1-10(2,3)14-9(13)12-6-4-8(11)5-7-12;/h10-12,14H,6-9H2,1-5H3,(H3,25,26,27,28);5-7H,4H2,1-3H3,(H2,17,18,19);8H,4-7,11H2,1-3H3;1H4. The van der Waals surface area contributed by atoms with Crippen molar-refractivity contribution in [2.24, 2.45) is 5.73 Å². The van der Waals surface area contributed by atoms with Crippen molar-refractivity contribution in [3.05, 3.63) is 81.7 Å². The fraction of sp³-hybridized carbons (Fsp3) is 0.510. The number of ether oxygens (including phenoxy) is 4. The number of rotatable bonds is 10. The molecule has 2 fully saturated rings. The van der Waals surface area contributed by atoms with E-state index < -0.39 is 45.2 Å². The molecule has 0 radical (unpaired) electrons. The number of hydrogen-bond donors (Lipinski definition) is 4. The maximum Gasteiger partial charge on any atom is 0.410 e. The molecule has 4 heterocycles. The summed E-state index contributed by atoms with van der Waals surface area (Å²) in [5.41, 5.74) is 17.5. The minimum Gasteiger partial charge on any atom is -0.496 e. The number of nitrogens with one attached hydrogen (secondary N) is 1. The second-order valence-electron chi connectivity index (χ2n) is 18.5. The maximum atomic E-state index is 14.0. The summed E-state index contributed by atoms with van der Waals surface area (Å²) in [6, 6.07) is 5.39. The molecule has 7 N–H and O–H groups in total. The first-order valence-electron chi connectivity index (χ1n) is 22.6. The number of aryl methyl sites for hydroxylation is 2. The zero-order valence-corrected chi connectivity index (χ0v) is 42.6. The number of nitrogens with zero attached hydrogens (tertiary/aromatic N) is 6. The molecule has 390 valence electrons. The molecule has 0 bridgehead atoms. The lowest BCUT2D eigenvalue weighted by atomic mass is 10.0. The molecule has 0 saturated carbocycles. The van der Waals surface area contributed by atoms with E-state index >= 15 is 0 Å². The Bertz CT molecular complexity index is 2540. The SMILES string of the molecule is C.CC(C)(C)OC(=O)N1CCC(N)CC1.CCS(=O)c1ncc(C(=O)c2cc(F)c(C)cc2OC)c(N)n1.COc1cc(C)c(F)cc1C(=O)c1cnc(NC2CCN(C(=O)OC(C)(C)C)CC2)nc1N. The van der Waals surface area contributed by atoms with Crippen LogP contribution in [0.1, 0.15) is 125 Å². The van der Waals surface area contributed by atoms with Crippen LogP contribution in [0.2, 0.25) is 0 Å². The van der Waals surface area contributed by atoms with E-state index in [1.54, 1.807) is 30.6 Å². The van der Waals surface area contributed by atoms with E-state index in [1.807, 2.05) is 41.5 Å². The van der Waals surface area contributed by atoms with Crippen LogP contribution >= 0.6 is 0 Å². The fourth-order valence-electron chi connectivity index (χ4n) is 6.85. The summed E-state index contributed by atoms with van der Waals surface area (Å²) in [5, 5.41) is 3.26. The molecule has 1 atom stereocenters. The third-order valence-electron chi connectivity index (χ3n) is 10.7. The minimum atomic E-state index is -1.38. The van der Waals surface area contributed by atoms with E-state index in [9.17, 15) is 32.2 Å². The first kappa shape index (κ1) is 58.8. The molecular formula is C49H70F2N10O9S. The summed E-state index contributed by atoms with van der Waals surface area (Å²) in [6.45, 7) is 18.5. The first-order chi connectivity index (χ1) is 32.7. The number of anilines is 3. The van der Waals surface area contributed by atoms with Crippen molar-refractivity contribution in [2.45, 2.75) is 124 Å². The molecule has 22 heteroatoms. The van der Waals surface area contributed by atoms with Crippen LogP contribution in [-0.4, -0.2) is 127 Å². The molecule has 2 aliphatic heterocycles. The van der Waals surface area contributed by atoms with E-state index in [1.165, 1.54) is 38.7 Å². The van der Waals surface area contributed by atoms with Crippen molar-refractivity contribution in [2.75, 3.05) is 62.9 Å². The van der Waals surface area contributed by atoms with E-state index in [-0.39, 0.29) is 88.2 Å². The van der Waals surface area contributed by atoms with E-state index in [0.717, 1.165) is 38.1 Å². The molecule has 2 aromatic carbocycles. The van der Waals surface area contributed by atoms with Gasteiger partial charge in [0, 0.05) is 56.4 Å². The quantitative estimate of drug-likeness (QED) is 0.0889. The van der Waals surface area contributed by atoms with Crippen LogP contribution < -0.4 is 32.0 Å². The highest BCUT2D eigenvalue weighted by Crippen LogP contribution is 2.29. The Hall–Kier alpha value is -6.55. The number of halogens is 2. The highest BCUT2D eigenvalue weighted by atomic mass is 32.2. The molecule has 1 unspecified atom stereocenters. The lowest BCUT2D eigenvalue weighted by molar-refractivity contribution is 0.0197. The topological polar surface area (TPSA) is 270 Å². The molecular weight excluding hydrogens is 943 g/mol. The average Bonchev–Trinajstić information content (AvgIpc) is 3.29. The highest BCUT2D eigenvalue weighted by molar-refractivity contribution is 7.84. The predicted octanol–water partition coefficient (Wildman–Crippen LogP) is 7.41. The predicted molar refractivity (Wildman–Crippen MR) is 268 cm³/mol. The highest BCUT2D eigenvalue weighted by Gasteiger charge is 2.29. The number of hydrogen-bond acceptors (Lipinski definition) is 17. The van der Waals surface area contributed by atoms with Crippen LogP contribution in [0.3, 0.4) is 0 Å². The fourth-order valence-corrected chi connectivity index (χ4v) is 7.48. The van der Waals surface area contributed by atoms with Gasteiger partial charge in [-0.1, -0.05) is 14.4 Å². The van der Waals surface area contributed by atoms with Gasteiger partial charge in [-0.25, -0.2) is 33.3 Å². The van der Waals surface area contributed by atoms with Gasteiger partial charge in [0.05, 0.1) is 47.3 Å². The average molecular weight is 1010 g/mol. The van der Waals surface area contributed by atoms with Crippen LogP contribution in [0.4, 0.5) is 36.0 Å². The minimum absolute atomic E-state index is 0. The van der Waals surface area contributed by atoms with Crippen LogP contribution in [-0.2, 0) is 20.3 Å². The Morgan fingerprint density at radius 3 is 1.49 bits per heavy atom. The first-order valence-corrected chi connectivity index (χ1v) is 24.0. The van der Waals surface area contributed by atoms with Crippen LogP contribution in [0, 0.1) is 25.5 Å². The van der Waals surface area contributed by atoms with Crippen LogP contribution in [0.5, 0.6) is 11.5 Å². The Labute approximate surface area is 417 Å². The number of amides is 2. The van der Waals surface area contributed by atoms with Crippen molar-refractivity contribution in [1.29, 1.82) is 0 Å². The van der Waals surface area contributed by atoms with Crippen molar-refractivity contribution in [3.8, 4) is 11.5 Å². The maximum absolute atomic E-state index is 14.0. The van der Waals surface area contributed by atoms with E-state index in [2.05, 4.69) is 25.3 Å².